The second kappa shape index (κ2) is 8.68. The van der Waals surface area contributed by atoms with Gasteiger partial charge in [-0.15, -0.1) is 0 Å². The molecular formula is C25H31NO4. The fourth-order valence-electron chi connectivity index (χ4n) is 5.28. The quantitative estimate of drug-likeness (QED) is 0.784. The van der Waals surface area contributed by atoms with Crippen LogP contribution in [0.2, 0.25) is 0 Å². The van der Waals surface area contributed by atoms with E-state index in [1.807, 2.05) is 60.4 Å². The normalized spacial score (nSPS) is 26.0. The molecule has 1 N–H and O–H groups in total. The Morgan fingerprint density at radius 1 is 1.10 bits per heavy atom. The average molecular weight is 410 g/mol. The summed E-state index contributed by atoms with van der Waals surface area (Å²) in [7, 11) is 1.59. The first-order valence-electron chi connectivity index (χ1n) is 11.0. The molecule has 1 heterocycles. The van der Waals surface area contributed by atoms with Crippen molar-refractivity contribution in [2.45, 2.75) is 50.7 Å². The van der Waals surface area contributed by atoms with E-state index >= 15 is 0 Å². The first kappa shape index (κ1) is 20.7. The number of nitrogens with zero attached hydrogens (tertiary/aromatic N) is 1. The molecule has 0 radical (unpaired) electrons. The van der Waals surface area contributed by atoms with E-state index in [9.17, 15) is 9.90 Å². The van der Waals surface area contributed by atoms with Gasteiger partial charge >= 0.3 is 0 Å². The molecule has 4 rings (SSSR count). The van der Waals surface area contributed by atoms with Gasteiger partial charge < -0.3 is 19.5 Å². The van der Waals surface area contributed by atoms with Gasteiger partial charge in [0.2, 0.25) is 0 Å². The fourth-order valence-corrected chi connectivity index (χ4v) is 5.28. The molecule has 1 aliphatic carbocycles. The molecule has 3 atom stereocenters. The number of carbonyl (C=O) groups excluding carboxylic acids is 1. The molecule has 2 aromatic rings. The molecule has 2 aliphatic rings. The van der Waals surface area contributed by atoms with Crippen molar-refractivity contribution >= 4 is 5.91 Å². The van der Waals surface area contributed by atoms with Gasteiger partial charge in [0, 0.05) is 18.0 Å². The molecular weight excluding hydrogens is 378 g/mol. The lowest BCUT2D eigenvalue weighted by Crippen LogP contribution is -2.56. The Balaban J connectivity index is 1.80. The van der Waals surface area contributed by atoms with Crippen LogP contribution in [0.25, 0.3) is 0 Å². The molecule has 1 saturated heterocycles. The zero-order chi connectivity index (χ0) is 21.1. The highest BCUT2D eigenvalue weighted by Gasteiger charge is 2.51. The van der Waals surface area contributed by atoms with E-state index in [-0.39, 0.29) is 17.9 Å². The number of para-hydroxylation sites is 2. The standard InChI is InChI=1S/C25H31NO4/c1-3-30-22-14-7-4-10-18(22)23-20-12-8-9-15-25(20,28)16-17-26(23)24(27)19-11-5-6-13-21(19)29-2/h4-7,10-11,13-14,20,23,28H,3,8-9,12,15-17H2,1-2H3/t20-,23-,25+/m1/s1. The number of fused-ring (bicyclic) bond motifs is 1. The predicted molar refractivity (Wildman–Crippen MR) is 116 cm³/mol. The van der Waals surface area contributed by atoms with Crippen molar-refractivity contribution in [3.05, 3.63) is 59.7 Å². The molecule has 1 saturated carbocycles. The summed E-state index contributed by atoms with van der Waals surface area (Å²) in [5.74, 6) is 1.29. The van der Waals surface area contributed by atoms with Crippen molar-refractivity contribution in [3.63, 3.8) is 0 Å². The van der Waals surface area contributed by atoms with Crippen LogP contribution in [0.5, 0.6) is 11.5 Å². The summed E-state index contributed by atoms with van der Waals surface area (Å²) < 4.78 is 11.4. The molecule has 0 unspecified atom stereocenters. The Hall–Kier alpha value is -2.53. The van der Waals surface area contributed by atoms with E-state index in [4.69, 9.17) is 9.47 Å². The SMILES string of the molecule is CCOc1ccccc1[C@@H]1[C@H]2CCCC[C@]2(O)CCN1C(=O)c1ccccc1OC. The molecule has 0 aromatic heterocycles. The molecule has 0 bridgehead atoms. The Kier molecular flexibility index (Phi) is 6.00. The van der Waals surface area contributed by atoms with Gasteiger partial charge in [-0.05, 0) is 44.4 Å². The van der Waals surface area contributed by atoms with E-state index in [0.717, 1.165) is 37.0 Å². The van der Waals surface area contributed by atoms with E-state index in [0.29, 0.717) is 30.9 Å². The van der Waals surface area contributed by atoms with Crippen LogP contribution in [0.4, 0.5) is 0 Å². The van der Waals surface area contributed by atoms with Crippen molar-refractivity contribution in [1.29, 1.82) is 0 Å². The van der Waals surface area contributed by atoms with Crippen LogP contribution in [0.3, 0.4) is 0 Å². The van der Waals surface area contributed by atoms with Crippen molar-refractivity contribution < 1.29 is 19.4 Å². The largest absolute Gasteiger partial charge is 0.496 e. The number of methoxy groups -OCH3 is 1. The monoisotopic (exact) mass is 409 g/mol. The van der Waals surface area contributed by atoms with Gasteiger partial charge in [-0.3, -0.25) is 4.79 Å². The van der Waals surface area contributed by atoms with E-state index < -0.39 is 5.60 Å². The molecule has 2 aromatic carbocycles. The molecule has 1 amide bonds. The Morgan fingerprint density at radius 2 is 1.83 bits per heavy atom. The predicted octanol–water partition coefficient (Wildman–Crippen LogP) is 4.60. The third kappa shape index (κ3) is 3.67. The van der Waals surface area contributed by atoms with Crippen molar-refractivity contribution in [2.75, 3.05) is 20.3 Å². The van der Waals surface area contributed by atoms with Crippen LogP contribution in [0.15, 0.2) is 48.5 Å². The number of aliphatic hydroxyl groups is 1. The number of amides is 1. The molecule has 5 heteroatoms. The van der Waals surface area contributed by atoms with E-state index in [2.05, 4.69) is 0 Å². The summed E-state index contributed by atoms with van der Waals surface area (Å²) >= 11 is 0. The number of ether oxygens (including phenoxy) is 2. The topological polar surface area (TPSA) is 59.0 Å². The Morgan fingerprint density at radius 3 is 2.60 bits per heavy atom. The smallest absolute Gasteiger partial charge is 0.258 e. The van der Waals surface area contributed by atoms with Crippen LogP contribution in [-0.2, 0) is 0 Å². The number of likely N-dealkylation sites (tertiary alicyclic amines) is 1. The number of benzene rings is 2. The maximum absolute atomic E-state index is 13.7. The molecule has 30 heavy (non-hydrogen) atoms. The van der Waals surface area contributed by atoms with Crippen molar-refractivity contribution in [3.8, 4) is 11.5 Å². The number of rotatable bonds is 5. The third-order valence-corrected chi connectivity index (χ3v) is 6.70. The van der Waals surface area contributed by atoms with E-state index in [1.54, 1.807) is 7.11 Å². The van der Waals surface area contributed by atoms with Gasteiger partial charge in [0.05, 0.1) is 30.9 Å². The molecule has 0 spiro atoms. The second-order valence-corrected chi connectivity index (χ2v) is 8.32. The summed E-state index contributed by atoms with van der Waals surface area (Å²) in [6, 6.07) is 15.1. The van der Waals surface area contributed by atoms with Gasteiger partial charge in [-0.25, -0.2) is 0 Å². The minimum Gasteiger partial charge on any atom is -0.496 e. The van der Waals surface area contributed by atoms with Crippen LogP contribution in [0.1, 0.15) is 61.0 Å². The van der Waals surface area contributed by atoms with Gasteiger partial charge in [-0.1, -0.05) is 43.2 Å². The highest BCUT2D eigenvalue weighted by Crippen LogP contribution is 2.51. The third-order valence-electron chi connectivity index (χ3n) is 6.70. The molecule has 5 nitrogen and oxygen atoms in total. The zero-order valence-corrected chi connectivity index (χ0v) is 17.8. The van der Waals surface area contributed by atoms with Gasteiger partial charge in [0.1, 0.15) is 11.5 Å². The average Bonchev–Trinajstić information content (AvgIpc) is 2.78. The number of carbonyl (C=O) groups is 1. The van der Waals surface area contributed by atoms with Crippen LogP contribution >= 0.6 is 0 Å². The van der Waals surface area contributed by atoms with Gasteiger partial charge in [-0.2, -0.15) is 0 Å². The summed E-state index contributed by atoms with van der Waals surface area (Å²) in [5, 5.41) is 11.5. The summed E-state index contributed by atoms with van der Waals surface area (Å²) in [6.45, 7) is 3.03. The summed E-state index contributed by atoms with van der Waals surface area (Å²) in [4.78, 5) is 15.7. The Bertz CT molecular complexity index is 898. The van der Waals surface area contributed by atoms with Gasteiger partial charge in [0.25, 0.3) is 5.91 Å². The maximum atomic E-state index is 13.7. The Labute approximate surface area is 178 Å². The molecule has 160 valence electrons. The first-order valence-corrected chi connectivity index (χ1v) is 11.0. The zero-order valence-electron chi connectivity index (χ0n) is 17.8. The first-order chi connectivity index (χ1) is 14.6. The number of hydrogen-bond donors (Lipinski definition) is 1. The summed E-state index contributed by atoms with van der Waals surface area (Å²) in [6.07, 6.45) is 4.40. The highest BCUT2D eigenvalue weighted by atomic mass is 16.5. The van der Waals surface area contributed by atoms with Crippen molar-refractivity contribution in [1.82, 2.24) is 4.90 Å². The summed E-state index contributed by atoms with van der Waals surface area (Å²) in [5.41, 5.74) is 0.799. The maximum Gasteiger partial charge on any atom is 0.258 e. The minimum absolute atomic E-state index is 0.0136. The van der Waals surface area contributed by atoms with Crippen LogP contribution < -0.4 is 9.47 Å². The van der Waals surface area contributed by atoms with Crippen LogP contribution in [-0.4, -0.2) is 41.8 Å². The lowest BCUT2D eigenvalue weighted by molar-refractivity contribution is -0.115. The molecule has 1 aliphatic heterocycles. The van der Waals surface area contributed by atoms with Gasteiger partial charge in [0.15, 0.2) is 0 Å². The second-order valence-electron chi connectivity index (χ2n) is 8.32. The molecule has 2 fully saturated rings. The lowest BCUT2D eigenvalue weighted by Gasteiger charge is -2.52. The van der Waals surface area contributed by atoms with Crippen molar-refractivity contribution in [2.24, 2.45) is 5.92 Å². The van der Waals surface area contributed by atoms with Crippen LogP contribution in [0, 0.1) is 5.92 Å². The fraction of sp³-hybridized carbons (Fsp3) is 0.480. The number of piperidine rings is 1. The highest BCUT2D eigenvalue weighted by molar-refractivity contribution is 5.97. The lowest BCUT2D eigenvalue weighted by atomic mass is 9.66. The number of hydrogen-bond acceptors (Lipinski definition) is 4. The minimum atomic E-state index is -0.736. The van der Waals surface area contributed by atoms with E-state index in [1.165, 1.54) is 0 Å².